The Kier molecular flexibility index (Phi) is 2.91. The molecule has 0 amide bonds. The van der Waals surface area contributed by atoms with Crippen molar-refractivity contribution in [3.63, 3.8) is 0 Å². The molecule has 1 aromatic carbocycles. The Bertz CT molecular complexity index is 353. The van der Waals surface area contributed by atoms with Crippen molar-refractivity contribution in [2.24, 2.45) is 5.92 Å². The van der Waals surface area contributed by atoms with E-state index in [4.69, 9.17) is 0 Å². The first-order chi connectivity index (χ1) is 7.04. The molecular weight excluding hydrogens is 252 g/mol. The molecule has 0 heterocycles. The van der Waals surface area contributed by atoms with Gasteiger partial charge in [-0.2, -0.15) is 0 Å². The molecule has 0 aromatic heterocycles. The predicted octanol–water partition coefficient (Wildman–Crippen LogP) is 3.50. The van der Waals surface area contributed by atoms with Crippen LogP contribution in [0.4, 0.5) is 0 Å². The summed E-state index contributed by atoms with van der Waals surface area (Å²) in [7, 11) is 0. The maximum atomic E-state index is 9.55. The molecule has 1 aliphatic rings. The fourth-order valence-electron chi connectivity index (χ4n) is 2.62. The fraction of sp³-hybridized carbons (Fsp3) is 0.538. The van der Waals surface area contributed by atoms with Crippen LogP contribution in [0.1, 0.15) is 32.3 Å². The summed E-state index contributed by atoms with van der Waals surface area (Å²) < 4.78 is 1.13. The molecule has 1 aromatic rings. The van der Waals surface area contributed by atoms with Gasteiger partial charge in [0.25, 0.3) is 0 Å². The lowest BCUT2D eigenvalue weighted by atomic mass is 9.57. The first kappa shape index (κ1) is 11.2. The molecule has 15 heavy (non-hydrogen) atoms. The van der Waals surface area contributed by atoms with E-state index in [1.165, 1.54) is 5.56 Å². The smallest absolute Gasteiger partial charge is 0.0557 e. The lowest BCUT2D eigenvalue weighted by molar-refractivity contribution is -0.00686. The zero-order chi connectivity index (χ0) is 11.1. The van der Waals surface area contributed by atoms with E-state index in [-0.39, 0.29) is 11.5 Å². The predicted molar refractivity (Wildman–Crippen MR) is 65.9 cm³/mol. The molecule has 2 heteroatoms. The minimum Gasteiger partial charge on any atom is -0.393 e. The van der Waals surface area contributed by atoms with Gasteiger partial charge < -0.3 is 5.11 Å². The summed E-state index contributed by atoms with van der Waals surface area (Å²) in [6.07, 6.45) is 1.70. The zero-order valence-corrected chi connectivity index (χ0v) is 10.8. The molecule has 0 atom stereocenters. The third-order valence-electron chi connectivity index (χ3n) is 3.70. The Morgan fingerprint density at radius 3 is 2.53 bits per heavy atom. The first-order valence-electron chi connectivity index (χ1n) is 5.49. The number of halogens is 1. The van der Waals surface area contributed by atoms with Crippen molar-refractivity contribution in [3.8, 4) is 0 Å². The number of rotatable bonds is 2. The van der Waals surface area contributed by atoms with Gasteiger partial charge in [-0.1, -0.05) is 41.9 Å². The Morgan fingerprint density at radius 1 is 1.40 bits per heavy atom. The number of aliphatic hydroxyl groups excluding tert-OH is 1. The van der Waals surface area contributed by atoms with Gasteiger partial charge in [0.15, 0.2) is 0 Å². The molecule has 0 radical (unpaired) electrons. The second-order valence-corrected chi connectivity index (χ2v) is 5.80. The summed E-state index contributed by atoms with van der Waals surface area (Å²) in [4.78, 5) is 0. The van der Waals surface area contributed by atoms with Crippen molar-refractivity contribution >= 4 is 15.9 Å². The molecule has 0 saturated heterocycles. The molecule has 1 saturated carbocycles. The summed E-state index contributed by atoms with van der Waals surface area (Å²) >= 11 is 3.51. The van der Waals surface area contributed by atoms with Gasteiger partial charge in [-0.25, -0.2) is 0 Å². The minimum atomic E-state index is -0.105. The van der Waals surface area contributed by atoms with E-state index in [0.717, 1.165) is 17.3 Å². The first-order valence-corrected chi connectivity index (χ1v) is 6.28. The van der Waals surface area contributed by atoms with Crippen molar-refractivity contribution in [3.05, 3.63) is 34.3 Å². The van der Waals surface area contributed by atoms with Crippen molar-refractivity contribution in [2.45, 2.75) is 38.2 Å². The summed E-state index contributed by atoms with van der Waals surface area (Å²) in [5.41, 5.74) is 1.56. The van der Waals surface area contributed by atoms with Crippen LogP contribution in [-0.4, -0.2) is 11.2 Å². The number of benzene rings is 1. The lowest BCUT2D eigenvalue weighted by Gasteiger charge is -2.49. The highest BCUT2D eigenvalue weighted by atomic mass is 79.9. The summed E-state index contributed by atoms with van der Waals surface area (Å²) in [5.74, 6) is 0.579. The van der Waals surface area contributed by atoms with Crippen LogP contribution in [0.15, 0.2) is 28.7 Å². The average Bonchev–Trinajstić information content (AvgIpc) is 2.12. The second kappa shape index (κ2) is 3.91. The number of hydrogen-bond acceptors (Lipinski definition) is 1. The van der Waals surface area contributed by atoms with E-state index >= 15 is 0 Å². The highest BCUT2D eigenvalue weighted by molar-refractivity contribution is 9.10. The number of hydrogen-bond donors (Lipinski definition) is 1. The fourth-order valence-corrected chi connectivity index (χ4v) is 3.02. The normalized spacial score (nSPS) is 30.3. The monoisotopic (exact) mass is 268 g/mol. The quantitative estimate of drug-likeness (QED) is 0.871. The summed E-state index contributed by atoms with van der Waals surface area (Å²) in [6.45, 7) is 4.49. The van der Waals surface area contributed by atoms with Crippen molar-refractivity contribution in [1.82, 2.24) is 0 Å². The molecule has 1 N–H and O–H groups in total. The maximum Gasteiger partial charge on any atom is 0.0557 e. The van der Waals surface area contributed by atoms with Gasteiger partial charge in [-0.05, 0) is 36.5 Å². The minimum absolute atomic E-state index is 0.105. The molecule has 1 fully saturated rings. The molecule has 0 spiro atoms. The summed E-state index contributed by atoms with van der Waals surface area (Å²) in [6, 6.07) is 8.49. The van der Waals surface area contributed by atoms with Gasteiger partial charge in [0, 0.05) is 9.89 Å². The van der Waals surface area contributed by atoms with Crippen molar-refractivity contribution in [2.75, 3.05) is 0 Å². The molecule has 0 unspecified atom stereocenters. The third-order valence-corrected chi connectivity index (χ3v) is 4.20. The van der Waals surface area contributed by atoms with Gasteiger partial charge in [0.1, 0.15) is 0 Å². The molecule has 0 bridgehead atoms. The van der Waals surface area contributed by atoms with E-state index in [1.807, 2.05) is 6.07 Å². The Hall–Kier alpha value is -0.340. The highest BCUT2D eigenvalue weighted by Crippen LogP contribution is 2.49. The van der Waals surface area contributed by atoms with Crippen LogP contribution >= 0.6 is 15.9 Å². The van der Waals surface area contributed by atoms with Crippen LogP contribution in [-0.2, 0) is 5.41 Å². The van der Waals surface area contributed by atoms with Gasteiger partial charge in [0.2, 0.25) is 0 Å². The summed E-state index contributed by atoms with van der Waals surface area (Å²) in [5, 5.41) is 9.55. The van der Waals surface area contributed by atoms with E-state index in [2.05, 4.69) is 48.0 Å². The van der Waals surface area contributed by atoms with E-state index < -0.39 is 0 Å². The van der Waals surface area contributed by atoms with Gasteiger partial charge in [-0.3, -0.25) is 0 Å². The molecular formula is C13H17BrO. The van der Waals surface area contributed by atoms with Crippen LogP contribution in [0.2, 0.25) is 0 Å². The Morgan fingerprint density at radius 2 is 2.07 bits per heavy atom. The van der Waals surface area contributed by atoms with Crippen LogP contribution in [0.25, 0.3) is 0 Å². The third kappa shape index (κ3) is 1.85. The molecule has 0 aliphatic heterocycles. The SMILES string of the molecule is CC(C)C1(c2cccc(Br)c2)CC(O)C1. The van der Waals surface area contributed by atoms with E-state index in [1.54, 1.807) is 0 Å². The second-order valence-electron chi connectivity index (χ2n) is 4.88. The topological polar surface area (TPSA) is 20.2 Å². The zero-order valence-electron chi connectivity index (χ0n) is 9.20. The molecule has 2 rings (SSSR count). The van der Waals surface area contributed by atoms with E-state index in [9.17, 15) is 5.11 Å². The van der Waals surface area contributed by atoms with Crippen LogP contribution in [0.3, 0.4) is 0 Å². The highest BCUT2D eigenvalue weighted by Gasteiger charge is 2.46. The largest absolute Gasteiger partial charge is 0.393 e. The standard InChI is InChI=1S/C13H17BrO/c1-9(2)13(7-12(15)8-13)10-4-3-5-11(14)6-10/h3-6,9,12,15H,7-8H2,1-2H3. The van der Waals surface area contributed by atoms with Crippen molar-refractivity contribution < 1.29 is 5.11 Å². The van der Waals surface area contributed by atoms with Gasteiger partial charge in [-0.15, -0.1) is 0 Å². The van der Waals surface area contributed by atoms with E-state index in [0.29, 0.717) is 5.92 Å². The molecule has 1 aliphatic carbocycles. The number of aliphatic hydroxyl groups is 1. The maximum absolute atomic E-state index is 9.55. The van der Waals surface area contributed by atoms with Gasteiger partial charge in [0.05, 0.1) is 6.10 Å². The molecule has 82 valence electrons. The van der Waals surface area contributed by atoms with Crippen LogP contribution in [0, 0.1) is 5.92 Å². The van der Waals surface area contributed by atoms with Crippen molar-refractivity contribution in [1.29, 1.82) is 0 Å². The Balaban J connectivity index is 2.34. The van der Waals surface area contributed by atoms with Crippen LogP contribution < -0.4 is 0 Å². The van der Waals surface area contributed by atoms with Gasteiger partial charge >= 0.3 is 0 Å². The Labute approximate surface area is 99.6 Å². The molecule has 1 nitrogen and oxygen atoms in total. The lowest BCUT2D eigenvalue weighted by Crippen LogP contribution is -2.48. The average molecular weight is 269 g/mol. The van der Waals surface area contributed by atoms with Crippen LogP contribution in [0.5, 0.6) is 0 Å².